The van der Waals surface area contributed by atoms with Gasteiger partial charge >= 0.3 is 0 Å². The van der Waals surface area contributed by atoms with Crippen molar-refractivity contribution >= 4 is 68.4 Å². The Morgan fingerprint density at radius 2 is 1.75 bits per heavy atom. The summed E-state index contributed by atoms with van der Waals surface area (Å²) in [4.78, 5) is 7.43. The highest BCUT2D eigenvalue weighted by atomic mass is 35.5. The summed E-state index contributed by atoms with van der Waals surface area (Å²) >= 11 is 1.67. The molecule has 9 heteroatoms. The van der Waals surface area contributed by atoms with Crippen LogP contribution in [0.5, 0.6) is 0 Å². The molecule has 1 atom stereocenters. The van der Waals surface area contributed by atoms with Gasteiger partial charge < -0.3 is 15.5 Å². The molecule has 1 unspecified atom stereocenters. The van der Waals surface area contributed by atoms with E-state index in [4.69, 9.17) is 4.99 Å². The Balaban J connectivity index is 0.00000152. The molecule has 0 radical (unpaired) electrons. The van der Waals surface area contributed by atoms with Gasteiger partial charge in [0, 0.05) is 35.8 Å². The van der Waals surface area contributed by atoms with Gasteiger partial charge in [-0.2, -0.15) is 0 Å². The normalized spacial score (nSPS) is 16.6. The lowest BCUT2D eigenvalue weighted by Gasteiger charge is -2.36. The van der Waals surface area contributed by atoms with E-state index < -0.39 is 0 Å². The molecule has 2 aliphatic heterocycles. The van der Waals surface area contributed by atoms with Crippen molar-refractivity contribution in [2.75, 3.05) is 25.0 Å². The highest BCUT2D eigenvalue weighted by Crippen LogP contribution is 2.43. The van der Waals surface area contributed by atoms with Crippen LogP contribution in [0, 0.1) is 11.6 Å². The van der Waals surface area contributed by atoms with Crippen molar-refractivity contribution in [2.24, 2.45) is 4.99 Å². The first-order valence-electron chi connectivity index (χ1n) is 11.5. The van der Waals surface area contributed by atoms with E-state index in [1.54, 1.807) is 17.4 Å². The first kappa shape index (κ1) is 26.4. The number of hydrogen-bond donors (Lipinski definition) is 2. The number of fused-ring (bicyclic) bond motifs is 4. The van der Waals surface area contributed by atoms with Crippen LogP contribution in [0.25, 0.3) is 10.1 Å². The number of anilines is 2. The molecule has 1 saturated heterocycles. The number of amidine groups is 1. The van der Waals surface area contributed by atoms with Gasteiger partial charge in [-0.25, -0.2) is 13.8 Å². The van der Waals surface area contributed by atoms with Crippen LogP contribution < -0.4 is 10.6 Å². The van der Waals surface area contributed by atoms with Gasteiger partial charge in [-0.05, 0) is 54.8 Å². The van der Waals surface area contributed by atoms with Crippen molar-refractivity contribution in [1.82, 2.24) is 10.2 Å². The average Bonchev–Trinajstić information content (AvgIpc) is 3.13. The van der Waals surface area contributed by atoms with Gasteiger partial charge in [-0.3, -0.25) is 0 Å². The Kier molecular flexibility index (Phi) is 8.15. The Hall–Kier alpha value is -2.71. The van der Waals surface area contributed by atoms with Crippen LogP contribution in [-0.4, -0.2) is 36.4 Å². The van der Waals surface area contributed by atoms with Crippen LogP contribution in [0.4, 0.5) is 25.2 Å². The molecule has 3 heterocycles. The van der Waals surface area contributed by atoms with Crippen LogP contribution in [0.15, 0.2) is 71.7 Å². The van der Waals surface area contributed by atoms with E-state index in [0.29, 0.717) is 11.7 Å². The van der Waals surface area contributed by atoms with Gasteiger partial charge in [0.1, 0.15) is 22.5 Å². The lowest BCUT2D eigenvalue weighted by Crippen LogP contribution is -2.52. The molecule has 188 valence electrons. The molecular formula is C27H26Cl2F2N4S. The summed E-state index contributed by atoms with van der Waals surface area (Å²) in [6.07, 6.45) is 1.83. The summed E-state index contributed by atoms with van der Waals surface area (Å²) in [7, 11) is 0. The van der Waals surface area contributed by atoms with E-state index in [9.17, 15) is 8.78 Å². The maximum absolute atomic E-state index is 14.0. The highest BCUT2D eigenvalue weighted by molar-refractivity contribution is 7.23. The zero-order valence-corrected chi connectivity index (χ0v) is 21.8. The predicted molar refractivity (Wildman–Crippen MR) is 150 cm³/mol. The average molecular weight is 548 g/mol. The molecule has 0 aliphatic carbocycles. The summed E-state index contributed by atoms with van der Waals surface area (Å²) in [5.41, 5.74) is 3.64. The van der Waals surface area contributed by atoms with Gasteiger partial charge in [0.2, 0.25) is 0 Å². The lowest BCUT2D eigenvalue weighted by molar-refractivity contribution is 0.282. The molecular weight excluding hydrogens is 521 g/mol. The Bertz CT molecular complexity index is 1390. The molecule has 4 nitrogen and oxygen atoms in total. The molecule has 2 aliphatic rings. The van der Waals surface area contributed by atoms with E-state index in [1.807, 2.05) is 24.3 Å². The fraction of sp³-hybridized carbons (Fsp3) is 0.222. The molecule has 0 spiro atoms. The third kappa shape index (κ3) is 5.20. The summed E-state index contributed by atoms with van der Waals surface area (Å²) < 4.78 is 28.5. The van der Waals surface area contributed by atoms with E-state index in [1.165, 1.54) is 29.0 Å². The third-order valence-electron chi connectivity index (χ3n) is 6.50. The maximum atomic E-state index is 14.0. The molecule has 2 N–H and O–H groups in total. The Morgan fingerprint density at radius 3 is 2.58 bits per heavy atom. The third-order valence-corrected chi connectivity index (χ3v) is 7.59. The van der Waals surface area contributed by atoms with Crippen molar-refractivity contribution in [1.29, 1.82) is 0 Å². The molecule has 0 saturated carbocycles. The molecule has 0 amide bonds. The van der Waals surface area contributed by atoms with Crippen LogP contribution in [0.3, 0.4) is 0 Å². The Labute approximate surface area is 225 Å². The zero-order chi connectivity index (χ0) is 23.1. The van der Waals surface area contributed by atoms with Crippen molar-refractivity contribution in [3.63, 3.8) is 0 Å². The quantitative estimate of drug-likeness (QED) is 0.288. The topological polar surface area (TPSA) is 39.7 Å². The van der Waals surface area contributed by atoms with Gasteiger partial charge in [-0.15, -0.1) is 36.2 Å². The number of aryl methyl sites for hydroxylation is 1. The lowest BCUT2D eigenvalue weighted by atomic mass is 10.0. The molecule has 6 rings (SSSR count). The second-order valence-corrected chi connectivity index (χ2v) is 9.84. The second-order valence-electron chi connectivity index (χ2n) is 8.79. The first-order chi connectivity index (χ1) is 16.6. The van der Waals surface area contributed by atoms with Gasteiger partial charge in [0.05, 0.1) is 16.9 Å². The van der Waals surface area contributed by atoms with Crippen LogP contribution in [0.2, 0.25) is 0 Å². The fourth-order valence-electron chi connectivity index (χ4n) is 4.79. The van der Waals surface area contributed by atoms with E-state index >= 15 is 0 Å². The van der Waals surface area contributed by atoms with E-state index in [-0.39, 0.29) is 36.4 Å². The number of nitrogens with one attached hydrogen (secondary N) is 2. The first-order valence-corrected chi connectivity index (χ1v) is 12.4. The molecule has 4 aromatic rings. The van der Waals surface area contributed by atoms with Crippen LogP contribution >= 0.6 is 36.2 Å². The minimum Gasteiger partial charge on any atom is -0.353 e. The standard InChI is InChI=1S/C27H24F2N4S.2ClH/c28-18-8-5-17(6-9-18)7-11-20-16-33(14-13-30-20)26-25-21-3-1-2-4-24(21)34-27(25)32-23-15-19(29)10-12-22(23)31-26;;/h1-6,8-10,12,15,20,30,32H,7,11,13-14,16H2;2*1H. The van der Waals surface area contributed by atoms with Crippen LogP contribution in [0.1, 0.15) is 17.5 Å². The summed E-state index contributed by atoms with van der Waals surface area (Å²) in [6, 6.07) is 20.1. The fourth-order valence-corrected chi connectivity index (χ4v) is 5.90. The van der Waals surface area contributed by atoms with Crippen LogP contribution in [-0.2, 0) is 6.42 Å². The van der Waals surface area contributed by atoms with Crippen molar-refractivity contribution in [3.8, 4) is 0 Å². The predicted octanol–water partition coefficient (Wildman–Crippen LogP) is 7.07. The van der Waals surface area contributed by atoms with Gasteiger partial charge in [0.15, 0.2) is 0 Å². The molecule has 0 bridgehead atoms. The minimum atomic E-state index is -0.282. The van der Waals surface area contributed by atoms with Gasteiger partial charge in [0.25, 0.3) is 0 Å². The number of hydrogen-bond acceptors (Lipinski definition) is 5. The molecule has 1 aromatic heterocycles. The van der Waals surface area contributed by atoms with E-state index in [0.717, 1.165) is 65.5 Å². The summed E-state index contributed by atoms with van der Waals surface area (Å²) in [5, 5.41) is 9.24. The summed E-state index contributed by atoms with van der Waals surface area (Å²) in [6.45, 7) is 2.51. The van der Waals surface area contributed by atoms with Crippen molar-refractivity contribution < 1.29 is 8.78 Å². The minimum absolute atomic E-state index is 0. The largest absolute Gasteiger partial charge is 0.353 e. The van der Waals surface area contributed by atoms with Crippen molar-refractivity contribution in [3.05, 3.63) is 89.5 Å². The number of rotatable bonds is 3. The highest BCUT2D eigenvalue weighted by Gasteiger charge is 2.29. The molecule has 36 heavy (non-hydrogen) atoms. The SMILES string of the molecule is Cl.Cl.Fc1ccc(CCC2CN(C3=Nc4ccc(F)cc4Nc4sc5ccccc5c43)CCN2)cc1. The Morgan fingerprint density at radius 1 is 0.972 bits per heavy atom. The van der Waals surface area contributed by atoms with Gasteiger partial charge in [-0.1, -0.05) is 30.3 Å². The number of nitrogens with zero attached hydrogens (tertiary/aromatic N) is 2. The maximum Gasteiger partial charge on any atom is 0.140 e. The number of aliphatic imine (C=N–C) groups is 1. The smallest absolute Gasteiger partial charge is 0.140 e. The number of benzene rings is 3. The number of halogens is 4. The molecule has 1 fully saturated rings. The van der Waals surface area contributed by atoms with E-state index in [2.05, 4.69) is 27.7 Å². The monoisotopic (exact) mass is 546 g/mol. The summed E-state index contributed by atoms with van der Waals surface area (Å²) in [5.74, 6) is 0.443. The number of piperazine rings is 1. The molecule has 3 aromatic carbocycles. The second kappa shape index (κ2) is 11.1. The zero-order valence-electron chi connectivity index (χ0n) is 19.3. The van der Waals surface area contributed by atoms with Crippen molar-refractivity contribution in [2.45, 2.75) is 18.9 Å². The number of thiophene rings is 1.